The summed E-state index contributed by atoms with van der Waals surface area (Å²) in [6.45, 7) is 1.43. The van der Waals surface area contributed by atoms with Crippen LogP contribution in [0, 0.1) is 5.92 Å². The molecule has 0 radical (unpaired) electrons. The summed E-state index contributed by atoms with van der Waals surface area (Å²) in [5.74, 6) is -1.11. The van der Waals surface area contributed by atoms with Crippen molar-refractivity contribution in [2.24, 2.45) is 5.92 Å². The zero-order valence-electron chi connectivity index (χ0n) is 11.3. The molecule has 0 spiro atoms. The number of fused-ring (bicyclic) bond motifs is 1. The van der Waals surface area contributed by atoms with E-state index in [0.717, 1.165) is 22.2 Å². The van der Waals surface area contributed by atoms with Crippen LogP contribution >= 0.6 is 22.7 Å². The first-order valence-electron chi connectivity index (χ1n) is 6.74. The standard InChI is InChI=1S/C14H15NO4S2/c16-13(8-2-1-4-19-7-8)15-6-9-11-10(3-5-20-11)21-12(9)14(17)18/h3,5,8H,1-2,4,6-7H2,(H,15,16)(H,17,18). The average molecular weight is 325 g/mol. The second-order valence-corrected chi connectivity index (χ2v) is 6.93. The molecule has 0 saturated carbocycles. The Morgan fingerprint density at radius 2 is 2.33 bits per heavy atom. The van der Waals surface area contributed by atoms with Crippen LogP contribution in [0.25, 0.3) is 9.40 Å². The first-order chi connectivity index (χ1) is 10.2. The van der Waals surface area contributed by atoms with Crippen LogP contribution in [0.2, 0.25) is 0 Å². The van der Waals surface area contributed by atoms with Crippen LogP contribution < -0.4 is 5.32 Å². The maximum absolute atomic E-state index is 12.1. The zero-order chi connectivity index (χ0) is 14.8. The van der Waals surface area contributed by atoms with Crippen LogP contribution in [0.5, 0.6) is 0 Å². The fourth-order valence-corrected chi connectivity index (χ4v) is 4.69. The molecule has 1 atom stereocenters. The maximum atomic E-state index is 12.1. The van der Waals surface area contributed by atoms with E-state index in [9.17, 15) is 14.7 Å². The number of thiophene rings is 2. The largest absolute Gasteiger partial charge is 0.477 e. The third kappa shape index (κ3) is 2.95. The molecular weight excluding hydrogens is 310 g/mol. The molecule has 1 fully saturated rings. The molecule has 3 heterocycles. The quantitative estimate of drug-likeness (QED) is 0.906. The van der Waals surface area contributed by atoms with Crippen LogP contribution in [-0.2, 0) is 16.1 Å². The van der Waals surface area contributed by atoms with Gasteiger partial charge >= 0.3 is 5.97 Å². The van der Waals surface area contributed by atoms with Crippen molar-refractivity contribution in [1.29, 1.82) is 0 Å². The number of nitrogens with one attached hydrogen (secondary N) is 1. The van der Waals surface area contributed by atoms with Gasteiger partial charge in [0.05, 0.1) is 17.2 Å². The fourth-order valence-electron chi connectivity index (χ4n) is 2.47. The number of carbonyl (C=O) groups is 2. The summed E-state index contributed by atoms with van der Waals surface area (Å²) in [4.78, 5) is 23.8. The van der Waals surface area contributed by atoms with E-state index in [2.05, 4.69) is 5.32 Å². The third-order valence-electron chi connectivity index (χ3n) is 3.55. The van der Waals surface area contributed by atoms with Gasteiger partial charge in [-0.1, -0.05) is 0 Å². The minimum atomic E-state index is -0.936. The Balaban J connectivity index is 1.74. The Hall–Kier alpha value is -1.44. The van der Waals surface area contributed by atoms with Crippen molar-refractivity contribution < 1.29 is 19.4 Å². The van der Waals surface area contributed by atoms with Crippen LogP contribution in [-0.4, -0.2) is 30.2 Å². The van der Waals surface area contributed by atoms with Gasteiger partial charge < -0.3 is 15.2 Å². The fraction of sp³-hybridized carbons (Fsp3) is 0.429. The van der Waals surface area contributed by atoms with E-state index in [4.69, 9.17) is 4.74 Å². The van der Waals surface area contributed by atoms with Crippen LogP contribution in [0.3, 0.4) is 0 Å². The summed E-state index contributed by atoms with van der Waals surface area (Å²) in [5, 5.41) is 14.1. The van der Waals surface area contributed by atoms with Gasteiger partial charge in [0.25, 0.3) is 0 Å². The molecule has 5 nitrogen and oxygen atoms in total. The minimum Gasteiger partial charge on any atom is -0.477 e. The van der Waals surface area contributed by atoms with Gasteiger partial charge in [0, 0.05) is 23.4 Å². The second kappa shape index (κ2) is 6.13. The molecule has 1 aliphatic heterocycles. The highest BCUT2D eigenvalue weighted by atomic mass is 32.1. The minimum absolute atomic E-state index is 0.0538. The van der Waals surface area contributed by atoms with E-state index in [1.165, 1.54) is 22.7 Å². The molecule has 0 aliphatic carbocycles. The maximum Gasteiger partial charge on any atom is 0.346 e. The Morgan fingerprint density at radius 3 is 3.05 bits per heavy atom. The van der Waals surface area contributed by atoms with Gasteiger partial charge in [-0.15, -0.1) is 22.7 Å². The Morgan fingerprint density at radius 1 is 1.48 bits per heavy atom. The van der Waals surface area contributed by atoms with Crippen molar-refractivity contribution in [2.75, 3.05) is 13.2 Å². The molecule has 3 rings (SSSR count). The van der Waals surface area contributed by atoms with E-state index in [-0.39, 0.29) is 18.4 Å². The Bertz CT molecular complexity index is 670. The van der Waals surface area contributed by atoms with Crippen LogP contribution in [0.1, 0.15) is 28.1 Å². The number of ether oxygens (including phenoxy) is 1. The third-order valence-corrected chi connectivity index (χ3v) is 5.84. The normalized spacial score (nSPS) is 18.8. The SMILES string of the molecule is O=C(O)c1sc2ccsc2c1CNC(=O)C1CCCOC1. The van der Waals surface area contributed by atoms with Crippen LogP contribution in [0.15, 0.2) is 11.4 Å². The number of aromatic carboxylic acids is 1. The molecule has 0 bridgehead atoms. The van der Waals surface area contributed by atoms with Crippen LogP contribution in [0.4, 0.5) is 0 Å². The number of carboxylic acids is 1. The first kappa shape index (κ1) is 14.5. The molecule has 2 aromatic rings. The van der Waals surface area contributed by atoms with Gasteiger partial charge in [-0.3, -0.25) is 4.79 Å². The molecule has 2 N–H and O–H groups in total. The van der Waals surface area contributed by atoms with E-state index < -0.39 is 5.97 Å². The number of amides is 1. The average Bonchev–Trinajstić information content (AvgIpc) is 3.06. The molecule has 2 aromatic heterocycles. The molecule has 7 heteroatoms. The first-order valence-corrected chi connectivity index (χ1v) is 8.44. The summed E-state index contributed by atoms with van der Waals surface area (Å²) >= 11 is 2.77. The lowest BCUT2D eigenvalue weighted by molar-refractivity contribution is -0.129. The molecular formula is C14H15NO4S2. The lowest BCUT2D eigenvalue weighted by atomic mass is 10.0. The summed E-state index contributed by atoms with van der Waals surface area (Å²) in [7, 11) is 0. The predicted octanol–water partition coefficient (Wildman–Crippen LogP) is 2.70. The Labute approximate surface area is 129 Å². The van der Waals surface area contributed by atoms with E-state index in [1.807, 2.05) is 11.4 Å². The highest BCUT2D eigenvalue weighted by molar-refractivity contribution is 7.28. The molecule has 1 saturated heterocycles. The number of hydrogen-bond donors (Lipinski definition) is 2. The molecule has 21 heavy (non-hydrogen) atoms. The topological polar surface area (TPSA) is 75.6 Å². The molecule has 1 aliphatic rings. The van der Waals surface area contributed by atoms with Gasteiger partial charge in [0.1, 0.15) is 4.88 Å². The number of carboxylic acid groups (broad SMARTS) is 1. The van der Waals surface area contributed by atoms with E-state index >= 15 is 0 Å². The highest BCUT2D eigenvalue weighted by Gasteiger charge is 2.23. The second-order valence-electron chi connectivity index (χ2n) is 4.96. The van der Waals surface area contributed by atoms with Gasteiger partial charge in [-0.05, 0) is 24.3 Å². The Kier molecular flexibility index (Phi) is 4.23. The lowest BCUT2D eigenvalue weighted by Crippen LogP contribution is -2.35. The van der Waals surface area contributed by atoms with E-state index in [1.54, 1.807) is 0 Å². The monoisotopic (exact) mass is 325 g/mol. The van der Waals surface area contributed by atoms with E-state index in [0.29, 0.717) is 23.7 Å². The van der Waals surface area contributed by atoms with Gasteiger partial charge in [0.2, 0.25) is 5.91 Å². The predicted molar refractivity (Wildman–Crippen MR) is 82.1 cm³/mol. The molecule has 112 valence electrons. The zero-order valence-corrected chi connectivity index (χ0v) is 12.9. The summed E-state index contributed by atoms with van der Waals surface area (Å²) in [6, 6.07) is 1.91. The van der Waals surface area contributed by atoms with Crippen molar-refractivity contribution in [1.82, 2.24) is 5.32 Å². The summed E-state index contributed by atoms with van der Waals surface area (Å²) in [5.41, 5.74) is 0.711. The number of rotatable bonds is 4. The van der Waals surface area contributed by atoms with Crippen molar-refractivity contribution in [3.63, 3.8) is 0 Å². The number of carbonyl (C=O) groups excluding carboxylic acids is 1. The number of hydrogen-bond acceptors (Lipinski definition) is 5. The van der Waals surface area contributed by atoms with Crippen molar-refractivity contribution in [3.8, 4) is 0 Å². The molecule has 1 amide bonds. The molecule has 1 unspecified atom stereocenters. The molecule has 0 aromatic carbocycles. The van der Waals surface area contributed by atoms with Crippen molar-refractivity contribution >= 4 is 43.9 Å². The smallest absolute Gasteiger partial charge is 0.346 e. The van der Waals surface area contributed by atoms with Gasteiger partial charge in [-0.25, -0.2) is 4.79 Å². The van der Waals surface area contributed by atoms with Crippen molar-refractivity contribution in [3.05, 3.63) is 21.9 Å². The summed E-state index contributed by atoms with van der Waals surface area (Å²) in [6.07, 6.45) is 1.72. The van der Waals surface area contributed by atoms with Gasteiger partial charge in [0.15, 0.2) is 0 Å². The van der Waals surface area contributed by atoms with Gasteiger partial charge in [-0.2, -0.15) is 0 Å². The lowest BCUT2D eigenvalue weighted by Gasteiger charge is -2.21. The highest BCUT2D eigenvalue weighted by Crippen LogP contribution is 2.35. The van der Waals surface area contributed by atoms with Crippen molar-refractivity contribution in [2.45, 2.75) is 19.4 Å². The summed E-state index contributed by atoms with van der Waals surface area (Å²) < 4.78 is 7.23.